The molecule has 9 heteroatoms. The summed E-state index contributed by atoms with van der Waals surface area (Å²) in [4.78, 5) is 12.2. The molecule has 7 nitrogen and oxygen atoms in total. The lowest BCUT2D eigenvalue weighted by molar-refractivity contribution is -0.121. The molecule has 0 unspecified atom stereocenters. The quantitative estimate of drug-likeness (QED) is 0.667. The molecule has 3 aromatic rings. The molecule has 136 valence electrons. The van der Waals surface area contributed by atoms with Crippen molar-refractivity contribution in [3.05, 3.63) is 65.8 Å². The summed E-state index contributed by atoms with van der Waals surface area (Å²) < 4.78 is 27.7. The van der Waals surface area contributed by atoms with E-state index in [4.69, 9.17) is 0 Å². The van der Waals surface area contributed by atoms with Crippen molar-refractivity contribution in [2.45, 2.75) is 10.8 Å². The Morgan fingerprint density at radius 2 is 2.04 bits per heavy atom. The highest BCUT2D eigenvalue weighted by atomic mass is 32.2. The van der Waals surface area contributed by atoms with E-state index in [0.29, 0.717) is 0 Å². The van der Waals surface area contributed by atoms with Gasteiger partial charge < -0.3 is 5.32 Å². The zero-order valence-electron chi connectivity index (χ0n) is 14.1. The van der Waals surface area contributed by atoms with Gasteiger partial charge in [-0.2, -0.15) is 9.40 Å². The van der Waals surface area contributed by atoms with E-state index >= 15 is 0 Å². The highest BCUT2D eigenvalue weighted by Crippen LogP contribution is 2.19. The first-order valence-electron chi connectivity index (χ1n) is 7.83. The molecule has 1 amide bonds. The van der Waals surface area contributed by atoms with Crippen molar-refractivity contribution in [3.63, 3.8) is 0 Å². The van der Waals surface area contributed by atoms with Gasteiger partial charge >= 0.3 is 0 Å². The summed E-state index contributed by atoms with van der Waals surface area (Å²) in [7, 11) is -2.25. The number of benzene rings is 1. The van der Waals surface area contributed by atoms with Crippen LogP contribution < -0.4 is 5.32 Å². The standard InChI is InChI=1S/C17H18N4O3S2/c1-20(26(23,24)17-8-4-11-25-17)13-16(22)18-12-14-6-2-3-7-15(14)21-10-5-9-19-21/h2-11H,12-13H2,1H3,(H,18,22). The summed E-state index contributed by atoms with van der Waals surface area (Å²) in [5.41, 5.74) is 1.74. The number of thiophene rings is 1. The lowest BCUT2D eigenvalue weighted by atomic mass is 10.2. The number of carbonyl (C=O) groups is 1. The van der Waals surface area contributed by atoms with Crippen LogP contribution in [0.25, 0.3) is 5.69 Å². The fourth-order valence-electron chi connectivity index (χ4n) is 2.40. The number of amides is 1. The summed E-state index contributed by atoms with van der Waals surface area (Å²) in [6.45, 7) is 0.0337. The molecule has 0 atom stereocenters. The lowest BCUT2D eigenvalue weighted by Crippen LogP contribution is -2.38. The smallest absolute Gasteiger partial charge is 0.252 e. The molecule has 2 heterocycles. The molecule has 0 bridgehead atoms. The van der Waals surface area contributed by atoms with Crippen LogP contribution in [0.4, 0.5) is 0 Å². The van der Waals surface area contributed by atoms with Crippen LogP contribution in [0.2, 0.25) is 0 Å². The van der Waals surface area contributed by atoms with E-state index in [-0.39, 0.29) is 23.2 Å². The Morgan fingerprint density at radius 1 is 1.23 bits per heavy atom. The number of carbonyl (C=O) groups excluding carboxylic acids is 1. The van der Waals surface area contributed by atoms with Gasteiger partial charge in [0.05, 0.1) is 12.2 Å². The Balaban J connectivity index is 1.64. The molecular weight excluding hydrogens is 372 g/mol. The molecule has 0 radical (unpaired) electrons. The van der Waals surface area contributed by atoms with Gasteiger partial charge in [0.25, 0.3) is 10.0 Å². The summed E-state index contributed by atoms with van der Waals surface area (Å²) in [5.74, 6) is -0.372. The molecule has 0 aliphatic rings. The molecule has 0 saturated carbocycles. The van der Waals surface area contributed by atoms with Gasteiger partial charge in [-0.1, -0.05) is 24.3 Å². The zero-order chi connectivity index (χ0) is 18.6. The average Bonchev–Trinajstić information content (AvgIpc) is 3.33. The van der Waals surface area contributed by atoms with E-state index in [2.05, 4.69) is 10.4 Å². The Kier molecular flexibility index (Phi) is 5.50. The van der Waals surface area contributed by atoms with Gasteiger partial charge in [0.2, 0.25) is 5.91 Å². The maximum atomic E-state index is 12.4. The second-order valence-electron chi connectivity index (χ2n) is 5.55. The molecule has 3 rings (SSSR count). The average molecular weight is 390 g/mol. The number of para-hydroxylation sites is 1. The second kappa shape index (κ2) is 7.81. The van der Waals surface area contributed by atoms with Crippen molar-refractivity contribution < 1.29 is 13.2 Å². The van der Waals surface area contributed by atoms with Crippen molar-refractivity contribution in [3.8, 4) is 5.69 Å². The van der Waals surface area contributed by atoms with Crippen LogP contribution in [0, 0.1) is 0 Å². The Hall–Kier alpha value is -2.49. The summed E-state index contributed by atoms with van der Waals surface area (Å²) in [5, 5.41) is 8.66. The first kappa shape index (κ1) is 18.3. The topological polar surface area (TPSA) is 84.3 Å². The van der Waals surface area contributed by atoms with Crippen molar-refractivity contribution in [2.75, 3.05) is 13.6 Å². The van der Waals surface area contributed by atoms with Crippen LogP contribution in [0.5, 0.6) is 0 Å². The van der Waals surface area contributed by atoms with Crippen LogP contribution in [-0.2, 0) is 21.4 Å². The number of sulfonamides is 1. The number of nitrogens with zero attached hydrogens (tertiary/aromatic N) is 3. The highest BCUT2D eigenvalue weighted by Gasteiger charge is 2.23. The van der Waals surface area contributed by atoms with Crippen molar-refractivity contribution in [1.82, 2.24) is 19.4 Å². The minimum atomic E-state index is -3.64. The summed E-state index contributed by atoms with van der Waals surface area (Å²) in [6, 6.07) is 12.6. The van der Waals surface area contributed by atoms with E-state index in [1.807, 2.05) is 36.5 Å². The van der Waals surface area contributed by atoms with E-state index in [9.17, 15) is 13.2 Å². The number of hydrogen-bond donors (Lipinski definition) is 1. The van der Waals surface area contributed by atoms with E-state index in [0.717, 1.165) is 26.9 Å². The second-order valence-corrected chi connectivity index (χ2v) is 8.77. The van der Waals surface area contributed by atoms with Crippen LogP contribution in [0.15, 0.2) is 64.4 Å². The van der Waals surface area contributed by atoms with Gasteiger partial charge in [0.1, 0.15) is 4.21 Å². The van der Waals surface area contributed by atoms with Gasteiger partial charge in [0, 0.05) is 26.0 Å². The Bertz CT molecular complexity index is 967. The first-order valence-corrected chi connectivity index (χ1v) is 10.1. The number of nitrogens with one attached hydrogen (secondary N) is 1. The molecule has 0 aliphatic heterocycles. The monoisotopic (exact) mass is 390 g/mol. The van der Waals surface area contributed by atoms with Crippen LogP contribution in [0.3, 0.4) is 0 Å². The molecule has 0 fully saturated rings. The van der Waals surface area contributed by atoms with Gasteiger partial charge in [-0.3, -0.25) is 4.79 Å². The number of rotatable bonds is 7. The number of likely N-dealkylation sites (N-methyl/N-ethyl adjacent to an activating group) is 1. The largest absolute Gasteiger partial charge is 0.351 e. The predicted molar refractivity (Wildman–Crippen MR) is 99.5 cm³/mol. The van der Waals surface area contributed by atoms with Crippen LogP contribution >= 0.6 is 11.3 Å². The zero-order valence-corrected chi connectivity index (χ0v) is 15.7. The predicted octanol–water partition coefficient (Wildman–Crippen LogP) is 1.87. The maximum absolute atomic E-state index is 12.4. The van der Waals surface area contributed by atoms with Crippen molar-refractivity contribution in [2.24, 2.45) is 0 Å². The minimum absolute atomic E-state index is 0.219. The lowest BCUT2D eigenvalue weighted by Gasteiger charge is -2.16. The highest BCUT2D eigenvalue weighted by molar-refractivity contribution is 7.91. The van der Waals surface area contributed by atoms with Gasteiger partial charge in [-0.15, -0.1) is 11.3 Å². The molecule has 2 aromatic heterocycles. The third kappa shape index (κ3) is 4.01. The normalized spacial score (nSPS) is 11.6. The van der Waals surface area contributed by atoms with Crippen LogP contribution in [0.1, 0.15) is 5.56 Å². The molecule has 0 spiro atoms. The molecular formula is C17H18N4O3S2. The van der Waals surface area contributed by atoms with Gasteiger partial charge in [-0.25, -0.2) is 13.1 Å². The third-order valence-electron chi connectivity index (χ3n) is 3.74. The molecule has 1 aromatic carbocycles. The fourth-order valence-corrected chi connectivity index (χ4v) is 4.72. The van der Waals surface area contributed by atoms with E-state index < -0.39 is 10.0 Å². The molecule has 1 N–H and O–H groups in total. The van der Waals surface area contributed by atoms with Crippen molar-refractivity contribution >= 4 is 27.3 Å². The van der Waals surface area contributed by atoms with E-state index in [1.165, 1.54) is 13.1 Å². The SMILES string of the molecule is CN(CC(=O)NCc1ccccc1-n1cccn1)S(=O)(=O)c1cccs1. The van der Waals surface area contributed by atoms with Crippen LogP contribution in [-0.4, -0.2) is 42.0 Å². The minimum Gasteiger partial charge on any atom is -0.351 e. The number of aromatic nitrogens is 2. The van der Waals surface area contributed by atoms with Gasteiger partial charge in [-0.05, 0) is 29.1 Å². The van der Waals surface area contributed by atoms with E-state index in [1.54, 1.807) is 22.3 Å². The third-order valence-corrected chi connectivity index (χ3v) is 6.92. The molecule has 0 aliphatic carbocycles. The summed E-state index contributed by atoms with van der Waals surface area (Å²) >= 11 is 1.12. The summed E-state index contributed by atoms with van der Waals surface area (Å²) in [6.07, 6.45) is 3.50. The maximum Gasteiger partial charge on any atom is 0.252 e. The van der Waals surface area contributed by atoms with Gasteiger partial charge in [0.15, 0.2) is 0 Å². The molecule has 0 saturated heterocycles. The Morgan fingerprint density at radius 3 is 2.73 bits per heavy atom. The Labute approximate surface area is 155 Å². The first-order chi connectivity index (χ1) is 12.5. The number of hydrogen-bond acceptors (Lipinski definition) is 5. The fraction of sp³-hybridized carbons (Fsp3) is 0.176. The molecule has 26 heavy (non-hydrogen) atoms. The van der Waals surface area contributed by atoms with Crippen molar-refractivity contribution in [1.29, 1.82) is 0 Å².